The van der Waals surface area contributed by atoms with E-state index in [1.54, 1.807) is 0 Å². The molecule has 0 aromatic carbocycles. The van der Waals surface area contributed by atoms with Crippen LogP contribution in [0, 0.1) is 0 Å². The second-order valence-corrected chi connectivity index (χ2v) is 6.24. The molecule has 7 heteroatoms. The molecule has 0 bridgehead atoms. The molecule has 0 saturated heterocycles. The van der Waals surface area contributed by atoms with Gasteiger partial charge in [0.1, 0.15) is 10.6 Å². The van der Waals surface area contributed by atoms with Gasteiger partial charge >= 0.3 is 0 Å². The lowest BCUT2D eigenvalue weighted by atomic mass is 10.2. The maximum Gasteiger partial charge on any atom is 0.230 e. The average Bonchev–Trinajstić information content (AvgIpc) is 2.91. The maximum absolute atomic E-state index is 11.8. The molecule has 0 saturated carbocycles. The zero-order valence-electron chi connectivity index (χ0n) is 11.5. The number of amides is 1. The Bertz CT molecular complexity index is 595. The number of rotatable bonds is 6. The van der Waals surface area contributed by atoms with Gasteiger partial charge in [-0.1, -0.05) is 25.6 Å². The molecule has 0 unspecified atom stereocenters. The van der Waals surface area contributed by atoms with Crippen LogP contribution in [0.5, 0.6) is 0 Å². The van der Waals surface area contributed by atoms with Crippen molar-refractivity contribution in [2.24, 2.45) is 0 Å². The lowest BCUT2D eigenvalue weighted by molar-refractivity contribution is -0.119. The lowest BCUT2D eigenvalue weighted by Crippen LogP contribution is -2.35. The minimum Gasteiger partial charge on any atom is -0.383 e. The summed E-state index contributed by atoms with van der Waals surface area (Å²) in [5, 5.41) is 6.35. The van der Waals surface area contributed by atoms with Crippen molar-refractivity contribution in [3.8, 4) is 0 Å². The third-order valence-electron chi connectivity index (χ3n) is 3.02. The Morgan fingerprint density at radius 2 is 2.20 bits per heavy atom. The Balaban J connectivity index is 1.97. The van der Waals surface area contributed by atoms with Crippen molar-refractivity contribution in [1.82, 2.24) is 15.3 Å². The summed E-state index contributed by atoms with van der Waals surface area (Å²) in [4.78, 5) is 21.3. The van der Waals surface area contributed by atoms with Gasteiger partial charge in [-0.25, -0.2) is 9.97 Å². The van der Waals surface area contributed by atoms with E-state index in [2.05, 4.69) is 29.1 Å². The highest BCUT2D eigenvalue weighted by Crippen LogP contribution is 2.26. The van der Waals surface area contributed by atoms with Gasteiger partial charge in [0.2, 0.25) is 5.91 Å². The number of nitrogens with one attached hydrogen (secondary N) is 1. The number of anilines is 1. The highest BCUT2D eigenvalue weighted by molar-refractivity contribution is 7.99. The third-order valence-corrected chi connectivity index (χ3v) is 4.67. The highest BCUT2D eigenvalue weighted by atomic mass is 32.2. The van der Waals surface area contributed by atoms with Crippen LogP contribution in [0.15, 0.2) is 16.6 Å². The molecule has 5 nitrogen and oxygen atoms in total. The molecule has 0 aliphatic rings. The number of carbonyl (C=O) groups excluding carboxylic acids is 1. The second-order valence-electron chi connectivity index (χ2n) is 4.40. The maximum atomic E-state index is 11.8. The van der Waals surface area contributed by atoms with Crippen LogP contribution in [0.2, 0.25) is 0 Å². The number of nitrogens with two attached hydrogens (primary N) is 1. The molecule has 0 atom stereocenters. The molecule has 0 spiro atoms. The molecule has 0 aliphatic carbocycles. The third kappa shape index (κ3) is 3.61. The fourth-order valence-electron chi connectivity index (χ4n) is 1.81. The molecular formula is C13H18N4OS2. The first-order valence-electron chi connectivity index (χ1n) is 6.56. The first-order chi connectivity index (χ1) is 9.63. The van der Waals surface area contributed by atoms with Crippen molar-refractivity contribution in [3.05, 3.63) is 11.4 Å². The Kier molecular flexibility index (Phi) is 5.19. The molecule has 2 heterocycles. The molecule has 0 radical (unpaired) electrons. The zero-order chi connectivity index (χ0) is 14.5. The van der Waals surface area contributed by atoms with Gasteiger partial charge in [-0.2, -0.15) is 0 Å². The Labute approximate surface area is 126 Å². The quantitative estimate of drug-likeness (QED) is 0.633. The molecule has 1 amide bonds. The molecule has 3 N–H and O–H groups in total. The molecule has 0 aliphatic heterocycles. The fraction of sp³-hybridized carbons (Fsp3) is 0.462. The number of carbonyl (C=O) groups is 1. The van der Waals surface area contributed by atoms with Gasteiger partial charge in [0.25, 0.3) is 0 Å². The van der Waals surface area contributed by atoms with Crippen LogP contribution >= 0.6 is 23.1 Å². The van der Waals surface area contributed by atoms with E-state index < -0.39 is 0 Å². The highest BCUT2D eigenvalue weighted by Gasteiger charge is 2.11. The van der Waals surface area contributed by atoms with E-state index in [0.29, 0.717) is 16.7 Å². The summed E-state index contributed by atoms with van der Waals surface area (Å²) >= 11 is 2.84. The van der Waals surface area contributed by atoms with Gasteiger partial charge in [-0.05, 0) is 24.3 Å². The number of hydrogen-bond acceptors (Lipinski definition) is 6. The van der Waals surface area contributed by atoms with Crippen LogP contribution in [-0.2, 0) is 4.79 Å². The zero-order valence-corrected chi connectivity index (χ0v) is 13.2. The lowest BCUT2D eigenvalue weighted by Gasteiger charge is -2.14. The molecular weight excluding hydrogens is 292 g/mol. The molecule has 108 valence electrons. The molecule has 2 rings (SSSR count). The predicted molar refractivity (Wildman–Crippen MR) is 85.1 cm³/mol. The van der Waals surface area contributed by atoms with Crippen molar-refractivity contribution < 1.29 is 4.79 Å². The normalized spacial score (nSPS) is 11.2. The van der Waals surface area contributed by atoms with Crippen LogP contribution in [0.1, 0.15) is 26.7 Å². The van der Waals surface area contributed by atoms with Crippen LogP contribution in [-0.4, -0.2) is 27.7 Å². The Hall–Kier alpha value is -1.34. The number of fused-ring (bicyclic) bond motifs is 1. The second kappa shape index (κ2) is 6.90. The first-order valence-corrected chi connectivity index (χ1v) is 8.43. The number of hydrogen-bond donors (Lipinski definition) is 2. The minimum absolute atomic E-state index is 0.0112. The van der Waals surface area contributed by atoms with Crippen LogP contribution in [0.25, 0.3) is 10.2 Å². The van der Waals surface area contributed by atoms with Crippen molar-refractivity contribution in [3.63, 3.8) is 0 Å². The summed E-state index contributed by atoms with van der Waals surface area (Å²) in [6.07, 6.45) is 1.88. The summed E-state index contributed by atoms with van der Waals surface area (Å²) in [7, 11) is 0. The average molecular weight is 310 g/mol. The van der Waals surface area contributed by atoms with Crippen molar-refractivity contribution >= 4 is 45.0 Å². The van der Waals surface area contributed by atoms with Gasteiger partial charge in [-0.3, -0.25) is 4.79 Å². The summed E-state index contributed by atoms with van der Waals surface area (Å²) in [5.41, 5.74) is 5.87. The molecule has 0 fully saturated rings. The van der Waals surface area contributed by atoms with Crippen molar-refractivity contribution in [2.75, 3.05) is 11.5 Å². The number of aromatic nitrogens is 2. The van der Waals surface area contributed by atoms with Crippen molar-refractivity contribution in [1.29, 1.82) is 0 Å². The monoisotopic (exact) mass is 310 g/mol. The number of nitrogen functional groups attached to an aromatic ring is 1. The fourth-order valence-corrected chi connectivity index (χ4v) is 3.31. The van der Waals surface area contributed by atoms with Crippen LogP contribution in [0.4, 0.5) is 5.82 Å². The molecule has 20 heavy (non-hydrogen) atoms. The largest absolute Gasteiger partial charge is 0.383 e. The number of thioether (sulfide) groups is 1. The summed E-state index contributed by atoms with van der Waals surface area (Å²) in [5.74, 6) is 0.795. The van der Waals surface area contributed by atoms with E-state index in [9.17, 15) is 4.79 Å². The van der Waals surface area contributed by atoms with Gasteiger partial charge < -0.3 is 11.1 Å². The van der Waals surface area contributed by atoms with E-state index in [1.807, 2.05) is 11.4 Å². The molecule has 2 aromatic rings. The van der Waals surface area contributed by atoms with Gasteiger partial charge in [-0.15, -0.1) is 11.3 Å². The van der Waals surface area contributed by atoms with E-state index in [1.165, 1.54) is 23.1 Å². The minimum atomic E-state index is 0.0112. The van der Waals surface area contributed by atoms with E-state index in [-0.39, 0.29) is 11.9 Å². The number of nitrogens with zero attached hydrogens (tertiary/aromatic N) is 2. The summed E-state index contributed by atoms with van der Waals surface area (Å²) < 4.78 is 0. The van der Waals surface area contributed by atoms with Gasteiger partial charge in [0.05, 0.1) is 11.1 Å². The Morgan fingerprint density at radius 1 is 1.45 bits per heavy atom. The van der Waals surface area contributed by atoms with Crippen LogP contribution < -0.4 is 11.1 Å². The smallest absolute Gasteiger partial charge is 0.230 e. The van der Waals surface area contributed by atoms with E-state index in [0.717, 1.165) is 23.1 Å². The SMILES string of the molecule is CCC(CC)NC(=O)CSc1nc(N)c2ccsc2n1. The standard InChI is InChI=1S/C13H18N4OS2/c1-3-8(4-2)15-10(18)7-20-13-16-11(14)9-5-6-19-12(9)17-13/h5-6,8H,3-4,7H2,1-2H3,(H,15,18)(H2,14,16,17). The van der Waals surface area contributed by atoms with E-state index >= 15 is 0 Å². The van der Waals surface area contributed by atoms with Gasteiger partial charge in [0.15, 0.2) is 5.16 Å². The first kappa shape index (κ1) is 15.1. The Morgan fingerprint density at radius 3 is 2.90 bits per heavy atom. The van der Waals surface area contributed by atoms with Crippen LogP contribution in [0.3, 0.4) is 0 Å². The van der Waals surface area contributed by atoms with E-state index in [4.69, 9.17) is 5.73 Å². The summed E-state index contributed by atoms with van der Waals surface area (Å²) in [6, 6.07) is 2.15. The summed E-state index contributed by atoms with van der Waals surface area (Å²) in [6.45, 7) is 4.13. The van der Waals surface area contributed by atoms with Crippen molar-refractivity contribution in [2.45, 2.75) is 37.9 Å². The molecule has 2 aromatic heterocycles. The predicted octanol–water partition coefficient (Wildman–Crippen LogP) is 2.67. The topological polar surface area (TPSA) is 80.9 Å². The van der Waals surface area contributed by atoms with Gasteiger partial charge in [0, 0.05) is 6.04 Å². The number of thiophene rings is 1.